The summed E-state index contributed by atoms with van der Waals surface area (Å²) in [4.78, 5) is 40.4. The number of nitrogens with one attached hydrogen (secondary N) is 1. The predicted molar refractivity (Wildman–Crippen MR) is 118 cm³/mol. The van der Waals surface area contributed by atoms with Gasteiger partial charge in [-0.25, -0.2) is 14.8 Å². The van der Waals surface area contributed by atoms with Crippen LogP contribution in [-0.2, 0) is 0 Å². The predicted octanol–water partition coefficient (Wildman–Crippen LogP) is 1.64. The van der Waals surface area contributed by atoms with Gasteiger partial charge in [-0.3, -0.25) is 9.36 Å². The number of likely N-dealkylation sites (tertiary alicyclic amines) is 2. The summed E-state index contributed by atoms with van der Waals surface area (Å²) in [7, 11) is 0. The number of para-hydroxylation sites is 2. The van der Waals surface area contributed by atoms with E-state index in [-0.39, 0.29) is 23.5 Å². The van der Waals surface area contributed by atoms with Crippen LogP contribution in [0.3, 0.4) is 0 Å². The van der Waals surface area contributed by atoms with Gasteiger partial charge in [-0.2, -0.15) is 0 Å². The molecule has 0 spiro atoms. The first-order valence-electron chi connectivity index (χ1n) is 10.9. The third kappa shape index (κ3) is 3.69. The SMILES string of the molecule is Nc1ncncc1C(=O)N1CCC(N2CCC(n3c(=O)[nH]c4ccccc43)CC2)CC1. The number of H-pyrrole nitrogens is 1. The Balaban J connectivity index is 1.19. The summed E-state index contributed by atoms with van der Waals surface area (Å²) in [5.41, 5.74) is 8.09. The van der Waals surface area contributed by atoms with Crippen molar-refractivity contribution in [2.75, 3.05) is 31.9 Å². The molecule has 1 aromatic carbocycles. The van der Waals surface area contributed by atoms with Crippen molar-refractivity contribution in [3.8, 4) is 0 Å². The number of hydrogen-bond acceptors (Lipinski definition) is 6. The molecule has 0 bridgehead atoms. The van der Waals surface area contributed by atoms with Gasteiger partial charge in [0.15, 0.2) is 0 Å². The van der Waals surface area contributed by atoms with Gasteiger partial charge in [-0.15, -0.1) is 0 Å². The number of nitrogen functional groups attached to an aromatic ring is 1. The number of aromatic nitrogens is 4. The van der Waals surface area contributed by atoms with Gasteiger partial charge in [-0.1, -0.05) is 12.1 Å². The Morgan fingerprint density at radius 2 is 1.74 bits per heavy atom. The Hall–Kier alpha value is -3.20. The van der Waals surface area contributed by atoms with Crippen LogP contribution in [0.25, 0.3) is 11.0 Å². The zero-order valence-corrected chi connectivity index (χ0v) is 17.4. The number of aromatic amines is 1. The lowest BCUT2D eigenvalue weighted by atomic mass is 9.97. The number of carbonyl (C=O) groups excluding carboxylic acids is 1. The molecule has 2 aliphatic rings. The zero-order chi connectivity index (χ0) is 21.4. The molecule has 0 saturated carbocycles. The van der Waals surface area contributed by atoms with E-state index in [9.17, 15) is 9.59 Å². The minimum Gasteiger partial charge on any atom is -0.383 e. The van der Waals surface area contributed by atoms with Crippen LogP contribution >= 0.6 is 0 Å². The van der Waals surface area contributed by atoms with Gasteiger partial charge < -0.3 is 20.5 Å². The molecule has 2 aromatic heterocycles. The van der Waals surface area contributed by atoms with Crippen LogP contribution in [0.4, 0.5) is 5.82 Å². The lowest BCUT2D eigenvalue weighted by Gasteiger charge is -2.42. The summed E-state index contributed by atoms with van der Waals surface area (Å²) < 4.78 is 1.93. The van der Waals surface area contributed by atoms with Crippen LogP contribution in [0.15, 0.2) is 41.6 Å². The second-order valence-corrected chi connectivity index (χ2v) is 8.43. The molecule has 9 nitrogen and oxygen atoms in total. The van der Waals surface area contributed by atoms with Crippen molar-refractivity contribution in [1.82, 2.24) is 29.3 Å². The van der Waals surface area contributed by atoms with Gasteiger partial charge in [0.2, 0.25) is 0 Å². The van der Waals surface area contributed by atoms with Crippen LogP contribution in [0, 0.1) is 0 Å². The smallest absolute Gasteiger partial charge is 0.326 e. The van der Waals surface area contributed by atoms with E-state index < -0.39 is 0 Å². The first-order valence-corrected chi connectivity index (χ1v) is 10.9. The van der Waals surface area contributed by atoms with E-state index in [0.717, 1.165) is 49.8 Å². The molecule has 0 atom stereocenters. The monoisotopic (exact) mass is 421 g/mol. The average molecular weight is 422 g/mol. The third-order valence-corrected chi connectivity index (χ3v) is 6.73. The Kier molecular flexibility index (Phi) is 5.19. The lowest BCUT2D eigenvalue weighted by molar-refractivity contribution is 0.0558. The average Bonchev–Trinajstić information content (AvgIpc) is 3.15. The molecule has 0 unspecified atom stereocenters. The summed E-state index contributed by atoms with van der Waals surface area (Å²) in [6, 6.07) is 8.58. The molecule has 3 N–H and O–H groups in total. The second kappa shape index (κ2) is 8.14. The van der Waals surface area contributed by atoms with Crippen molar-refractivity contribution in [2.24, 2.45) is 0 Å². The standard InChI is InChI=1S/C22H27N7O2/c23-20-17(13-24-14-25-20)21(30)28-11-5-15(6-12-28)27-9-7-16(8-10-27)29-19-4-2-1-3-18(19)26-22(29)31/h1-4,13-16H,5-12H2,(H,26,31)(H2,23,24,25). The van der Waals surface area contributed by atoms with Crippen molar-refractivity contribution in [3.63, 3.8) is 0 Å². The van der Waals surface area contributed by atoms with Gasteiger partial charge in [0.25, 0.3) is 5.91 Å². The summed E-state index contributed by atoms with van der Waals surface area (Å²) in [5, 5.41) is 0. The summed E-state index contributed by atoms with van der Waals surface area (Å²) in [6.45, 7) is 3.35. The Morgan fingerprint density at radius 3 is 2.48 bits per heavy atom. The maximum absolute atomic E-state index is 12.7. The van der Waals surface area contributed by atoms with E-state index in [1.54, 1.807) is 0 Å². The van der Waals surface area contributed by atoms with Gasteiger partial charge >= 0.3 is 5.69 Å². The molecule has 5 rings (SSSR count). The molecule has 2 aliphatic heterocycles. The van der Waals surface area contributed by atoms with Crippen LogP contribution in [0.1, 0.15) is 42.1 Å². The first kappa shape index (κ1) is 19.7. The molecule has 4 heterocycles. The summed E-state index contributed by atoms with van der Waals surface area (Å²) in [5.74, 6) is 0.144. The van der Waals surface area contributed by atoms with Crippen LogP contribution < -0.4 is 11.4 Å². The number of fused-ring (bicyclic) bond motifs is 1. The fraction of sp³-hybridized carbons (Fsp3) is 0.455. The molecule has 0 radical (unpaired) electrons. The van der Waals surface area contributed by atoms with Crippen molar-refractivity contribution in [3.05, 3.63) is 52.8 Å². The number of benzene rings is 1. The molecule has 3 aromatic rings. The maximum Gasteiger partial charge on any atom is 0.326 e. The highest BCUT2D eigenvalue weighted by molar-refractivity contribution is 5.98. The van der Waals surface area contributed by atoms with Crippen LogP contribution in [0.2, 0.25) is 0 Å². The minimum absolute atomic E-state index is 0.0179. The van der Waals surface area contributed by atoms with E-state index in [0.29, 0.717) is 24.7 Å². The number of amides is 1. The van der Waals surface area contributed by atoms with Crippen LogP contribution in [-0.4, -0.2) is 67.4 Å². The molecule has 0 aliphatic carbocycles. The Bertz CT molecular complexity index is 1140. The molecule has 162 valence electrons. The minimum atomic E-state index is -0.0889. The number of piperidine rings is 2. The topological polar surface area (TPSA) is 113 Å². The number of imidazole rings is 1. The number of nitrogens with two attached hydrogens (primary N) is 1. The number of rotatable bonds is 3. The summed E-state index contributed by atoms with van der Waals surface area (Å²) >= 11 is 0. The molecular formula is C22H27N7O2. The van der Waals surface area contributed by atoms with E-state index >= 15 is 0 Å². The van der Waals surface area contributed by atoms with E-state index in [4.69, 9.17) is 5.73 Å². The highest BCUT2D eigenvalue weighted by Gasteiger charge is 2.31. The van der Waals surface area contributed by atoms with Gasteiger partial charge in [0.05, 0.1) is 16.6 Å². The van der Waals surface area contributed by atoms with Gasteiger partial charge in [-0.05, 0) is 37.8 Å². The number of hydrogen-bond donors (Lipinski definition) is 2. The normalized spacial score (nSPS) is 19.2. The van der Waals surface area contributed by atoms with Crippen molar-refractivity contribution >= 4 is 22.8 Å². The lowest BCUT2D eigenvalue weighted by Crippen LogP contribution is -2.49. The fourth-order valence-electron chi connectivity index (χ4n) is 5.05. The third-order valence-electron chi connectivity index (χ3n) is 6.73. The molecule has 9 heteroatoms. The molecule has 1 amide bonds. The quantitative estimate of drug-likeness (QED) is 0.665. The second-order valence-electron chi connectivity index (χ2n) is 8.43. The highest BCUT2D eigenvalue weighted by Crippen LogP contribution is 2.28. The van der Waals surface area contributed by atoms with Gasteiger partial charge in [0.1, 0.15) is 12.1 Å². The van der Waals surface area contributed by atoms with Crippen molar-refractivity contribution in [1.29, 1.82) is 0 Å². The Morgan fingerprint density at radius 1 is 1.03 bits per heavy atom. The van der Waals surface area contributed by atoms with Crippen molar-refractivity contribution in [2.45, 2.75) is 37.8 Å². The highest BCUT2D eigenvalue weighted by atomic mass is 16.2. The Labute approximate surface area is 179 Å². The largest absolute Gasteiger partial charge is 0.383 e. The van der Waals surface area contributed by atoms with Crippen molar-refractivity contribution < 1.29 is 4.79 Å². The number of carbonyl (C=O) groups is 1. The summed E-state index contributed by atoms with van der Waals surface area (Å²) in [6.07, 6.45) is 6.65. The fourth-order valence-corrected chi connectivity index (χ4v) is 5.05. The maximum atomic E-state index is 12.7. The van der Waals surface area contributed by atoms with E-state index in [1.165, 1.54) is 12.5 Å². The first-order chi connectivity index (χ1) is 15.1. The van der Waals surface area contributed by atoms with E-state index in [1.807, 2.05) is 33.7 Å². The molecule has 2 fully saturated rings. The number of nitrogens with zero attached hydrogens (tertiary/aromatic N) is 5. The molecule has 31 heavy (non-hydrogen) atoms. The molecule has 2 saturated heterocycles. The van der Waals surface area contributed by atoms with E-state index in [2.05, 4.69) is 19.9 Å². The number of anilines is 1. The molecular weight excluding hydrogens is 394 g/mol. The van der Waals surface area contributed by atoms with Gasteiger partial charge in [0, 0.05) is 44.5 Å². The zero-order valence-electron chi connectivity index (χ0n) is 17.4. The van der Waals surface area contributed by atoms with Crippen LogP contribution in [0.5, 0.6) is 0 Å².